The molecule has 21 heavy (non-hydrogen) atoms. The molecule has 7 nitrogen and oxygen atoms in total. The van der Waals surface area contributed by atoms with Gasteiger partial charge in [0.25, 0.3) is 11.6 Å². The molecular weight excluding hydrogens is 272 g/mol. The van der Waals surface area contributed by atoms with E-state index in [4.69, 9.17) is 0 Å². The first-order chi connectivity index (χ1) is 10.1. The number of carbonyl (C=O) groups is 1. The van der Waals surface area contributed by atoms with Crippen molar-refractivity contribution in [2.24, 2.45) is 5.10 Å². The minimum absolute atomic E-state index is 0.0983. The number of nitrogens with one attached hydrogen (secondary N) is 1. The number of nitrogens with zero attached hydrogens (tertiary/aromatic N) is 3. The quantitative estimate of drug-likeness (QED) is 0.528. The van der Waals surface area contributed by atoms with Gasteiger partial charge in [-0.25, -0.2) is 5.43 Å². The van der Waals surface area contributed by atoms with Crippen molar-refractivity contribution in [3.63, 3.8) is 0 Å². The molecule has 1 heterocycles. The summed E-state index contributed by atoms with van der Waals surface area (Å²) in [5.41, 5.74) is 3.62. The SMILES string of the molecule is Cc1ccc(C(=O)N/N=C\c2cccnc2)cc1[N+](=O)[O-]. The van der Waals surface area contributed by atoms with Gasteiger partial charge in [-0.3, -0.25) is 19.9 Å². The fourth-order valence-electron chi connectivity index (χ4n) is 1.63. The van der Waals surface area contributed by atoms with Gasteiger partial charge in [-0.15, -0.1) is 0 Å². The van der Waals surface area contributed by atoms with Crippen molar-refractivity contribution in [1.29, 1.82) is 0 Å². The zero-order chi connectivity index (χ0) is 15.2. The molecule has 1 N–H and O–H groups in total. The highest BCUT2D eigenvalue weighted by Gasteiger charge is 2.14. The molecule has 0 unspecified atom stereocenters. The highest BCUT2D eigenvalue weighted by Crippen LogP contribution is 2.19. The zero-order valence-corrected chi connectivity index (χ0v) is 11.2. The Kier molecular flexibility index (Phi) is 4.35. The fourth-order valence-corrected chi connectivity index (χ4v) is 1.63. The molecule has 1 amide bonds. The average molecular weight is 284 g/mol. The number of amides is 1. The first kappa shape index (κ1) is 14.3. The lowest BCUT2D eigenvalue weighted by atomic mass is 10.1. The lowest BCUT2D eigenvalue weighted by Crippen LogP contribution is -2.17. The summed E-state index contributed by atoms with van der Waals surface area (Å²) < 4.78 is 0. The molecular formula is C14H12N4O3. The van der Waals surface area contributed by atoms with E-state index < -0.39 is 10.8 Å². The summed E-state index contributed by atoms with van der Waals surface area (Å²) in [5, 5.41) is 14.6. The molecule has 7 heteroatoms. The number of rotatable bonds is 4. The molecule has 0 aliphatic carbocycles. The number of carbonyl (C=O) groups excluding carboxylic acids is 1. The van der Waals surface area contributed by atoms with Crippen LogP contribution in [0.15, 0.2) is 47.8 Å². The van der Waals surface area contributed by atoms with E-state index in [2.05, 4.69) is 15.5 Å². The van der Waals surface area contributed by atoms with Gasteiger partial charge in [0, 0.05) is 35.2 Å². The highest BCUT2D eigenvalue weighted by atomic mass is 16.6. The molecule has 106 valence electrons. The fraction of sp³-hybridized carbons (Fsp3) is 0.0714. The van der Waals surface area contributed by atoms with E-state index in [0.29, 0.717) is 5.56 Å². The van der Waals surface area contributed by atoms with Gasteiger partial charge in [-0.2, -0.15) is 5.10 Å². The lowest BCUT2D eigenvalue weighted by molar-refractivity contribution is -0.385. The molecule has 0 saturated heterocycles. The zero-order valence-electron chi connectivity index (χ0n) is 11.2. The predicted octanol–water partition coefficient (Wildman–Crippen LogP) is 2.06. The van der Waals surface area contributed by atoms with Crippen LogP contribution in [0.5, 0.6) is 0 Å². The molecule has 0 atom stereocenters. The van der Waals surface area contributed by atoms with Crippen LogP contribution in [0.3, 0.4) is 0 Å². The summed E-state index contributed by atoms with van der Waals surface area (Å²) in [6.07, 6.45) is 4.65. The largest absolute Gasteiger partial charge is 0.273 e. The monoisotopic (exact) mass is 284 g/mol. The standard InChI is InChI=1S/C14H12N4O3/c1-10-4-5-12(7-13(10)18(20)21)14(19)17-16-9-11-3-2-6-15-8-11/h2-9H,1H3,(H,17,19)/b16-9-. The summed E-state index contributed by atoms with van der Waals surface area (Å²) >= 11 is 0. The molecule has 0 spiro atoms. The molecule has 0 aliphatic heterocycles. The van der Waals surface area contributed by atoms with Crippen LogP contribution in [0.2, 0.25) is 0 Å². The number of benzene rings is 1. The van der Waals surface area contributed by atoms with E-state index in [0.717, 1.165) is 5.56 Å². The summed E-state index contributed by atoms with van der Waals surface area (Å²) in [7, 11) is 0. The molecule has 0 radical (unpaired) electrons. The van der Waals surface area contributed by atoms with Gasteiger partial charge in [-0.05, 0) is 19.1 Å². The average Bonchev–Trinajstić information content (AvgIpc) is 2.48. The summed E-state index contributed by atoms with van der Waals surface area (Å²) in [6.45, 7) is 1.61. The van der Waals surface area contributed by atoms with E-state index in [-0.39, 0.29) is 11.3 Å². The Hall–Kier alpha value is -3.09. The third-order valence-corrected chi connectivity index (χ3v) is 2.73. The number of nitro benzene ring substituents is 1. The lowest BCUT2D eigenvalue weighted by Gasteiger charge is -2.02. The van der Waals surface area contributed by atoms with Crippen molar-refractivity contribution in [3.05, 3.63) is 69.5 Å². The summed E-state index contributed by atoms with van der Waals surface area (Å²) in [6, 6.07) is 7.78. The minimum Gasteiger partial charge on any atom is -0.267 e. The van der Waals surface area contributed by atoms with Crippen LogP contribution < -0.4 is 5.43 Å². The third kappa shape index (κ3) is 3.69. The second-order valence-electron chi connectivity index (χ2n) is 4.24. The van der Waals surface area contributed by atoms with Crippen molar-refractivity contribution >= 4 is 17.8 Å². The topological polar surface area (TPSA) is 97.5 Å². The van der Waals surface area contributed by atoms with Gasteiger partial charge in [0.1, 0.15) is 0 Å². The van der Waals surface area contributed by atoms with Gasteiger partial charge < -0.3 is 0 Å². The number of hydrazone groups is 1. The molecule has 1 aromatic heterocycles. The van der Waals surface area contributed by atoms with Gasteiger partial charge in [0.05, 0.1) is 11.1 Å². The van der Waals surface area contributed by atoms with E-state index in [1.165, 1.54) is 24.4 Å². The van der Waals surface area contributed by atoms with Crippen molar-refractivity contribution < 1.29 is 9.72 Å². The smallest absolute Gasteiger partial charge is 0.267 e. The van der Waals surface area contributed by atoms with Crippen LogP contribution in [-0.2, 0) is 0 Å². The van der Waals surface area contributed by atoms with Gasteiger partial charge in [0.15, 0.2) is 0 Å². The van der Waals surface area contributed by atoms with Crippen LogP contribution >= 0.6 is 0 Å². The second kappa shape index (κ2) is 6.38. The maximum atomic E-state index is 11.9. The van der Waals surface area contributed by atoms with Crippen LogP contribution in [-0.4, -0.2) is 22.0 Å². The van der Waals surface area contributed by atoms with Crippen molar-refractivity contribution in [1.82, 2.24) is 10.4 Å². The number of pyridine rings is 1. The van der Waals surface area contributed by atoms with Crippen LogP contribution in [0.1, 0.15) is 21.5 Å². The molecule has 2 aromatic rings. The molecule has 2 rings (SSSR count). The molecule has 0 aliphatic rings. The number of hydrogen-bond donors (Lipinski definition) is 1. The summed E-state index contributed by atoms with van der Waals surface area (Å²) in [4.78, 5) is 26.1. The maximum absolute atomic E-state index is 11.9. The maximum Gasteiger partial charge on any atom is 0.273 e. The van der Waals surface area contributed by atoms with E-state index >= 15 is 0 Å². The molecule has 0 fully saturated rings. The van der Waals surface area contributed by atoms with Crippen molar-refractivity contribution in [2.45, 2.75) is 6.92 Å². The van der Waals surface area contributed by atoms with Crippen molar-refractivity contribution in [2.75, 3.05) is 0 Å². The first-order valence-electron chi connectivity index (χ1n) is 6.06. The van der Waals surface area contributed by atoms with Gasteiger partial charge in [-0.1, -0.05) is 12.1 Å². The van der Waals surface area contributed by atoms with Gasteiger partial charge in [0.2, 0.25) is 0 Å². The Balaban J connectivity index is 2.09. The first-order valence-corrected chi connectivity index (χ1v) is 6.06. The number of nitro groups is 1. The predicted molar refractivity (Wildman–Crippen MR) is 77.1 cm³/mol. The number of aromatic nitrogens is 1. The van der Waals surface area contributed by atoms with Crippen LogP contribution in [0.25, 0.3) is 0 Å². The van der Waals surface area contributed by atoms with Crippen molar-refractivity contribution in [3.8, 4) is 0 Å². The van der Waals surface area contributed by atoms with E-state index in [1.807, 2.05) is 0 Å². The molecule has 0 saturated carbocycles. The number of hydrogen-bond acceptors (Lipinski definition) is 5. The third-order valence-electron chi connectivity index (χ3n) is 2.73. The van der Waals surface area contributed by atoms with Crippen LogP contribution in [0.4, 0.5) is 5.69 Å². The molecule has 1 aromatic carbocycles. The Morgan fingerprint density at radius 1 is 1.43 bits per heavy atom. The Morgan fingerprint density at radius 2 is 2.24 bits per heavy atom. The Morgan fingerprint density at radius 3 is 2.90 bits per heavy atom. The van der Waals surface area contributed by atoms with Gasteiger partial charge >= 0.3 is 0 Å². The minimum atomic E-state index is -0.523. The Labute approximate surface area is 120 Å². The van der Waals surface area contributed by atoms with E-state index in [9.17, 15) is 14.9 Å². The Bertz CT molecular complexity index is 699. The number of aryl methyl sites for hydroxylation is 1. The molecule has 0 bridgehead atoms. The highest BCUT2D eigenvalue weighted by molar-refractivity contribution is 5.95. The normalized spacial score (nSPS) is 10.5. The van der Waals surface area contributed by atoms with E-state index in [1.54, 1.807) is 31.5 Å². The second-order valence-corrected chi connectivity index (χ2v) is 4.24. The van der Waals surface area contributed by atoms with Crippen LogP contribution in [0, 0.1) is 17.0 Å². The summed E-state index contributed by atoms with van der Waals surface area (Å²) in [5.74, 6) is -0.516.